The molecular formula is C19H21ClFN3O2. The predicted molar refractivity (Wildman–Crippen MR) is 98.5 cm³/mol. The topological polar surface area (TPSA) is 85.1 Å². The molecule has 0 aliphatic heterocycles. The van der Waals surface area contributed by atoms with Crippen molar-refractivity contribution in [2.75, 3.05) is 6.54 Å². The molecule has 26 heavy (non-hydrogen) atoms. The van der Waals surface area contributed by atoms with Crippen molar-refractivity contribution in [3.63, 3.8) is 0 Å². The van der Waals surface area contributed by atoms with Crippen LogP contribution in [0.4, 0.5) is 4.39 Å². The number of carbonyl (C=O) groups is 2. The van der Waals surface area contributed by atoms with Crippen molar-refractivity contribution < 1.29 is 14.0 Å². The minimum absolute atomic E-state index is 0.0421. The van der Waals surface area contributed by atoms with Crippen LogP contribution in [-0.4, -0.2) is 23.2 Å². The monoisotopic (exact) mass is 377 g/mol. The first kappa shape index (κ1) is 20.0. The number of pyridine rings is 1. The van der Waals surface area contributed by atoms with Crippen molar-refractivity contribution in [2.24, 2.45) is 11.7 Å². The molecule has 0 unspecified atom stereocenters. The number of nitrogens with zero attached hydrogens (tertiary/aromatic N) is 1. The van der Waals surface area contributed by atoms with Crippen molar-refractivity contribution in [3.05, 3.63) is 64.2 Å². The van der Waals surface area contributed by atoms with Crippen molar-refractivity contribution in [2.45, 2.75) is 26.3 Å². The standard InChI is InChI=1S/C19H21ClFN3O2/c1-3-15(24-9-11(2)19(22)26)13-6-7-14(20)16(17(13)21)18(25)12-5-4-8-23-10-12/h4-8,10-11,15,24H,3,9H2,1-2H3,(H2,22,26)/t11-,15-/m0/s1. The highest BCUT2D eigenvalue weighted by atomic mass is 35.5. The van der Waals surface area contributed by atoms with Gasteiger partial charge in [0.15, 0.2) is 5.78 Å². The zero-order chi connectivity index (χ0) is 19.3. The summed E-state index contributed by atoms with van der Waals surface area (Å²) in [5, 5.41) is 3.17. The number of carbonyl (C=O) groups excluding carboxylic acids is 2. The van der Waals surface area contributed by atoms with Gasteiger partial charge in [0.1, 0.15) is 5.82 Å². The van der Waals surface area contributed by atoms with Crippen LogP contribution in [0.25, 0.3) is 0 Å². The summed E-state index contributed by atoms with van der Waals surface area (Å²) in [4.78, 5) is 27.7. The van der Waals surface area contributed by atoms with Crippen LogP contribution in [-0.2, 0) is 4.79 Å². The Balaban J connectivity index is 2.35. The third-order valence-electron chi connectivity index (χ3n) is 4.21. The van der Waals surface area contributed by atoms with Gasteiger partial charge in [-0.05, 0) is 24.6 Å². The van der Waals surface area contributed by atoms with Crippen LogP contribution in [0.3, 0.4) is 0 Å². The molecule has 1 aromatic carbocycles. The van der Waals surface area contributed by atoms with Gasteiger partial charge >= 0.3 is 0 Å². The normalized spacial score (nSPS) is 13.2. The molecule has 0 saturated heterocycles. The molecule has 138 valence electrons. The van der Waals surface area contributed by atoms with E-state index in [0.29, 0.717) is 18.5 Å². The van der Waals surface area contributed by atoms with Gasteiger partial charge in [-0.1, -0.05) is 31.5 Å². The van der Waals surface area contributed by atoms with Crippen LogP contribution in [0.2, 0.25) is 5.02 Å². The number of primary amides is 1. The lowest BCUT2D eigenvalue weighted by molar-refractivity contribution is -0.121. The molecule has 1 heterocycles. The van der Waals surface area contributed by atoms with Crippen molar-refractivity contribution in [1.82, 2.24) is 10.3 Å². The Hall–Kier alpha value is -2.31. The highest BCUT2D eigenvalue weighted by molar-refractivity contribution is 6.35. The Morgan fingerprint density at radius 3 is 2.65 bits per heavy atom. The summed E-state index contributed by atoms with van der Waals surface area (Å²) in [6.45, 7) is 3.88. The molecule has 0 radical (unpaired) electrons. The van der Waals surface area contributed by atoms with E-state index in [1.165, 1.54) is 18.5 Å². The second kappa shape index (κ2) is 8.87. The molecule has 0 fully saturated rings. The average Bonchev–Trinajstić information content (AvgIpc) is 2.63. The maximum atomic E-state index is 15.1. The van der Waals surface area contributed by atoms with Crippen LogP contribution in [0.15, 0.2) is 36.7 Å². The molecule has 1 aromatic heterocycles. The number of aromatic nitrogens is 1. The lowest BCUT2D eigenvalue weighted by atomic mass is 9.96. The van der Waals surface area contributed by atoms with Crippen molar-refractivity contribution in [1.29, 1.82) is 0 Å². The highest BCUT2D eigenvalue weighted by Gasteiger charge is 2.24. The van der Waals surface area contributed by atoms with Gasteiger partial charge in [-0.25, -0.2) is 4.39 Å². The highest BCUT2D eigenvalue weighted by Crippen LogP contribution is 2.29. The number of benzene rings is 1. The van der Waals surface area contributed by atoms with E-state index in [1.54, 1.807) is 25.1 Å². The van der Waals surface area contributed by atoms with Gasteiger partial charge in [0.05, 0.1) is 10.6 Å². The minimum Gasteiger partial charge on any atom is -0.369 e. The molecule has 2 aromatic rings. The van der Waals surface area contributed by atoms with Crippen molar-refractivity contribution >= 4 is 23.3 Å². The van der Waals surface area contributed by atoms with E-state index in [4.69, 9.17) is 17.3 Å². The average molecular weight is 378 g/mol. The zero-order valence-electron chi connectivity index (χ0n) is 14.6. The molecule has 7 heteroatoms. The fourth-order valence-electron chi connectivity index (χ4n) is 2.58. The van der Waals surface area contributed by atoms with Gasteiger partial charge in [-0.15, -0.1) is 0 Å². The number of hydrogen-bond donors (Lipinski definition) is 2. The molecule has 3 N–H and O–H groups in total. The molecule has 0 spiro atoms. The number of halogens is 2. The first-order valence-corrected chi connectivity index (χ1v) is 8.69. The number of nitrogens with two attached hydrogens (primary N) is 1. The Labute approximate surface area is 156 Å². The zero-order valence-corrected chi connectivity index (χ0v) is 15.4. The van der Waals surface area contributed by atoms with E-state index in [0.717, 1.165) is 0 Å². The third-order valence-corrected chi connectivity index (χ3v) is 4.53. The van der Waals surface area contributed by atoms with E-state index in [-0.39, 0.29) is 22.2 Å². The molecule has 5 nitrogen and oxygen atoms in total. The molecular weight excluding hydrogens is 357 g/mol. The number of amides is 1. The van der Waals surface area contributed by atoms with Gasteiger partial charge in [-0.2, -0.15) is 0 Å². The van der Waals surface area contributed by atoms with E-state index >= 15 is 4.39 Å². The van der Waals surface area contributed by atoms with E-state index in [1.807, 2.05) is 6.92 Å². The summed E-state index contributed by atoms with van der Waals surface area (Å²) in [6, 6.07) is 5.83. The molecule has 2 atom stereocenters. The molecule has 0 aliphatic rings. The second-order valence-corrected chi connectivity index (χ2v) is 6.48. The summed E-state index contributed by atoms with van der Waals surface area (Å²) in [5.74, 6) is -2.02. The Morgan fingerprint density at radius 1 is 1.35 bits per heavy atom. The van der Waals surface area contributed by atoms with Crippen LogP contribution >= 0.6 is 11.6 Å². The van der Waals surface area contributed by atoms with Gasteiger partial charge < -0.3 is 11.1 Å². The lowest BCUT2D eigenvalue weighted by Crippen LogP contribution is -2.33. The van der Waals surface area contributed by atoms with Crippen LogP contribution < -0.4 is 11.1 Å². The van der Waals surface area contributed by atoms with Crippen LogP contribution in [0.1, 0.15) is 47.8 Å². The summed E-state index contributed by atoms with van der Waals surface area (Å²) < 4.78 is 15.1. The Morgan fingerprint density at radius 2 is 2.08 bits per heavy atom. The Bertz CT molecular complexity index is 799. The van der Waals surface area contributed by atoms with E-state index in [2.05, 4.69) is 10.3 Å². The molecule has 2 rings (SSSR count). The summed E-state index contributed by atoms with van der Waals surface area (Å²) in [5.41, 5.74) is 5.66. The number of hydrogen-bond acceptors (Lipinski definition) is 4. The van der Waals surface area contributed by atoms with Gasteiger partial charge in [0, 0.05) is 42.0 Å². The predicted octanol–water partition coefficient (Wildman–Crippen LogP) is 3.27. The first-order chi connectivity index (χ1) is 12.4. The molecule has 1 amide bonds. The van der Waals surface area contributed by atoms with Crippen LogP contribution in [0, 0.1) is 11.7 Å². The summed E-state index contributed by atoms with van der Waals surface area (Å²) in [6.07, 6.45) is 3.46. The number of nitrogens with one attached hydrogen (secondary N) is 1. The van der Waals surface area contributed by atoms with Gasteiger partial charge in [0.2, 0.25) is 5.91 Å². The van der Waals surface area contributed by atoms with E-state index in [9.17, 15) is 9.59 Å². The van der Waals surface area contributed by atoms with Crippen LogP contribution in [0.5, 0.6) is 0 Å². The summed E-state index contributed by atoms with van der Waals surface area (Å²) >= 11 is 6.10. The minimum atomic E-state index is -0.669. The van der Waals surface area contributed by atoms with Gasteiger partial charge in [-0.3, -0.25) is 14.6 Å². The maximum absolute atomic E-state index is 15.1. The van der Waals surface area contributed by atoms with E-state index < -0.39 is 23.4 Å². The first-order valence-electron chi connectivity index (χ1n) is 8.32. The quantitative estimate of drug-likeness (QED) is 0.691. The lowest BCUT2D eigenvalue weighted by Gasteiger charge is -2.21. The summed E-state index contributed by atoms with van der Waals surface area (Å²) in [7, 11) is 0. The SMILES string of the molecule is CC[C@H](NC[C@H](C)C(N)=O)c1ccc(Cl)c(C(=O)c2cccnc2)c1F. The fraction of sp³-hybridized carbons (Fsp3) is 0.316. The largest absolute Gasteiger partial charge is 0.369 e. The maximum Gasteiger partial charge on any atom is 0.221 e. The molecule has 0 bridgehead atoms. The number of ketones is 1. The molecule has 0 aliphatic carbocycles. The molecule has 0 saturated carbocycles. The number of rotatable bonds is 8. The fourth-order valence-corrected chi connectivity index (χ4v) is 2.81. The smallest absolute Gasteiger partial charge is 0.221 e. The van der Waals surface area contributed by atoms with Crippen molar-refractivity contribution in [3.8, 4) is 0 Å². The Kier molecular flexibility index (Phi) is 6.83. The third kappa shape index (κ3) is 4.45. The van der Waals surface area contributed by atoms with Gasteiger partial charge in [0.25, 0.3) is 0 Å². The second-order valence-electron chi connectivity index (χ2n) is 6.07.